The van der Waals surface area contributed by atoms with Crippen LogP contribution in [-0.2, 0) is 0 Å². The van der Waals surface area contributed by atoms with Gasteiger partial charge in [-0.2, -0.15) is 4.39 Å². The molecule has 0 aliphatic carbocycles. The van der Waals surface area contributed by atoms with Gasteiger partial charge in [-0.25, -0.2) is 0 Å². The van der Waals surface area contributed by atoms with E-state index in [2.05, 4.69) is 23.5 Å². The molecular formula is C16H17FN2O2. The Morgan fingerprint density at radius 3 is 2.33 bits per heavy atom. The first-order valence-corrected chi connectivity index (χ1v) is 6.65. The first-order chi connectivity index (χ1) is 9.86. The molecule has 0 aliphatic heterocycles. The number of hydrogen-bond donors (Lipinski definition) is 1. The van der Waals surface area contributed by atoms with Crippen LogP contribution < -0.4 is 5.32 Å². The van der Waals surface area contributed by atoms with Crippen LogP contribution >= 0.6 is 0 Å². The van der Waals surface area contributed by atoms with Gasteiger partial charge in [0.05, 0.1) is 4.92 Å². The Kier molecular flexibility index (Phi) is 4.21. The van der Waals surface area contributed by atoms with Gasteiger partial charge in [-0.3, -0.25) is 10.1 Å². The molecule has 1 N–H and O–H groups in total. The Morgan fingerprint density at radius 1 is 1.14 bits per heavy atom. The minimum Gasteiger partial charge on any atom is -0.378 e. The summed E-state index contributed by atoms with van der Waals surface area (Å²) in [5.74, 6) is -0.829. The zero-order valence-corrected chi connectivity index (χ0v) is 12.2. The third-order valence-corrected chi connectivity index (χ3v) is 3.27. The lowest BCUT2D eigenvalue weighted by molar-refractivity contribution is -0.387. The molecule has 1 atom stereocenters. The van der Waals surface area contributed by atoms with Crippen molar-refractivity contribution in [2.75, 3.05) is 5.32 Å². The topological polar surface area (TPSA) is 55.2 Å². The first-order valence-electron chi connectivity index (χ1n) is 6.65. The van der Waals surface area contributed by atoms with Crippen molar-refractivity contribution < 1.29 is 9.31 Å². The maximum atomic E-state index is 13.3. The van der Waals surface area contributed by atoms with Crippen LogP contribution in [-0.4, -0.2) is 4.92 Å². The largest absolute Gasteiger partial charge is 0.378 e. The predicted octanol–water partition coefficient (Wildman–Crippen LogP) is 4.52. The zero-order chi connectivity index (χ0) is 15.6. The molecule has 2 aromatic rings. The number of halogens is 1. The predicted molar refractivity (Wildman–Crippen MR) is 81.0 cm³/mol. The lowest BCUT2D eigenvalue weighted by atomic mass is 10.0. The molecule has 2 aromatic carbocycles. The molecule has 0 spiro atoms. The second-order valence-electron chi connectivity index (χ2n) is 5.21. The average molecular weight is 288 g/mol. The first kappa shape index (κ1) is 15.0. The van der Waals surface area contributed by atoms with Crippen molar-refractivity contribution in [3.63, 3.8) is 0 Å². The van der Waals surface area contributed by atoms with Gasteiger partial charge >= 0.3 is 5.69 Å². The van der Waals surface area contributed by atoms with Gasteiger partial charge in [0.1, 0.15) is 0 Å². The molecule has 1 unspecified atom stereocenters. The fourth-order valence-corrected chi connectivity index (χ4v) is 2.34. The van der Waals surface area contributed by atoms with Gasteiger partial charge in [0.25, 0.3) is 0 Å². The van der Waals surface area contributed by atoms with E-state index >= 15 is 0 Å². The molecule has 0 heterocycles. The molecule has 21 heavy (non-hydrogen) atoms. The molecular weight excluding hydrogens is 271 g/mol. The molecule has 2 rings (SSSR count). The van der Waals surface area contributed by atoms with Crippen LogP contribution in [0.4, 0.5) is 15.8 Å². The summed E-state index contributed by atoms with van der Waals surface area (Å²) < 4.78 is 13.3. The van der Waals surface area contributed by atoms with Gasteiger partial charge in [0.2, 0.25) is 5.82 Å². The molecule has 0 bridgehead atoms. The second kappa shape index (κ2) is 5.91. The van der Waals surface area contributed by atoms with E-state index in [1.807, 2.05) is 20.8 Å². The zero-order valence-electron chi connectivity index (χ0n) is 12.2. The van der Waals surface area contributed by atoms with E-state index in [1.54, 1.807) is 0 Å². The van der Waals surface area contributed by atoms with Crippen LogP contribution in [0.1, 0.15) is 29.7 Å². The van der Waals surface area contributed by atoms with Crippen molar-refractivity contribution in [3.05, 3.63) is 69.0 Å². The summed E-state index contributed by atoms with van der Waals surface area (Å²) in [5.41, 5.74) is 3.40. The van der Waals surface area contributed by atoms with E-state index in [0.29, 0.717) is 5.69 Å². The quantitative estimate of drug-likeness (QED) is 0.664. The minimum atomic E-state index is -0.829. The highest BCUT2D eigenvalue weighted by Crippen LogP contribution is 2.26. The van der Waals surface area contributed by atoms with E-state index in [-0.39, 0.29) is 6.04 Å². The summed E-state index contributed by atoms with van der Waals surface area (Å²) in [5, 5.41) is 13.9. The van der Waals surface area contributed by atoms with Gasteiger partial charge in [-0.1, -0.05) is 29.3 Å². The minimum absolute atomic E-state index is 0.0336. The van der Waals surface area contributed by atoms with Crippen LogP contribution in [0.25, 0.3) is 0 Å². The number of benzene rings is 2. The molecule has 0 saturated carbocycles. The van der Waals surface area contributed by atoms with Gasteiger partial charge in [0, 0.05) is 17.8 Å². The summed E-state index contributed by atoms with van der Waals surface area (Å²) in [6, 6.07) is 9.99. The van der Waals surface area contributed by atoms with E-state index in [1.165, 1.54) is 12.1 Å². The fraction of sp³-hybridized carbons (Fsp3) is 0.250. The SMILES string of the molecule is Cc1cc(C)cc(C(C)Nc2ccc(F)c([N+](=O)[O-])c2)c1. The summed E-state index contributed by atoms with van der Waals surface area (Å²) >= 11 is 0. The number of rotatable bonds is 4. The number of hydrogen-bond acceptors (Lipinski definition) is 3. The Bertz CT molecular complexity index is 666. The lowest BCUT2D eigenvalue weighted by Gasteiger charge is -2.17. The summed E-state index contributed by atoms with van der Waals surface area (Å²) in [6.45, 7) is 6.00. The van der Waals surface area contributed by atoms with Crippen LogP contribution in [0, 0.1) is 29.8 Å². The van der Waals surface area contributed by atoms with Crippen molar-refractivity contribution >= 4 is 11.4 Å². The molecule has 4 nitrogen and oxygen atoms in total. The highest BCUT2D eigenvalue weighted by Gasteiger charge is 2.15. The normalized spacial score (nSPS) is 12.0. The Morgan fingerprint density at radius 2 is 1.76 bits per heavy atom. The van der Waals surface area contributed by atoms with Crippen LogP contribution in [0.3, 0.4) is 0 Å². The van der Waals surface area contributed by atoms with Crippen LogP contribution in [0.5, 0.6) is 0 Å². The molecule has 0 aromatic heterocycles. The number of anilines is 1. The lowest BCUT2D eigenvalue weighted by Crippen LogP contribution is -2.07. The number of nitrogens with one attached hydrogen (secondary N) is 1. The maximum Gasteiger partial charge on any atom is 0.306 e. The summed E-state index contributed by atoms with van der Waals surface area (Å²) in [6.07, 6.45) is 0. The highest BCUT2D eigenvalue weighted by molar-refractivity contribution is 5.53. The highest BCUT2D eigenvalue weighted by atomic mass is 19.1. The molecule has 0 fully saturated rings. The van der Waals surface area contributed by atoms with Crippen molar-refractivity contribution in [2.45, 2.75) is 26.8 Å². The second-order valence-corrected chi connectivity index (χ2v) is 5.21. The smallest absolute Gasteiger partial charge is 0.306 e. The van der Waals surface area contributed by atoms with Gasteiger partial charge in [0.15, 0.2) is 0 Å². The Balaban J connectivity index is 2.25. The van der Waals surface area contributed by atoms with Gasteiger partial charge in [-0.05, 0) is 38.5 Å². The van der Waals surface area contributed by atoms with Crippen LogP contribution in [0.2, 0.25) is 0 Å². The van der Waals surface area contributed by atoms with Crippen LogP contribution in [0.15, 0.2) is 36.4 Å². The number of nitrogens with zero attached hydrogens (tertiary/aromatic N) is 1. The number of nitro benzene ring substituents is 1. The summed E-state index contributed by atoms with van der Waals surface area (Å²) in [7, 11) is 0. The molecule has 5 heteroatoms. The van der Waals surface area contributed by atoms with E-state index in [9.17, 15) is 14.5 Å². The van der Waals surface area contributed by atoms with Crippen molar-refractivity contribution in [1.29, 1.82) is 0 Å². The molecule has 0 aliphatic rings. The summed E-state index contributed by atoms with van der Waals surface area (Å²) in [4.78, 5) is 10.0. The molecule has 0 radical (unpaired) electrons. The Labute approximate surface area is 122 Å². The number of aryl methyl sites for hydroxylation is 2. The molecule has 0 saturated heterocycles. The fourth-order valence-electron chi connectivity index (χ4n) is 2.34. The van der Waals surface area contributed by atoms with Crippen molar-refractivity contribution in [1.82, 2.24) is 0 Å². The van der Waals surface area contributed by atoms with E-state index < -0.39 is 16.4 Å². The van der Waals surface area contributed by atoms with E-state index in [0.717, 1.165) is 22.8 Å². The van der Waals surface area contributed by atoms with Gasteiger partial charge < -0.3 is 5.32 Å². The third-order valence-electron chi connectivity index (χ3n) is 3.27. The van der Waals surface area contributed by atoms with Crippen molar-refractivity contribution in [2.24, 2.45) is 0 Å². The average Bonchev–Trinajstić information content (AvgIpc) is 2.39. The third kappa shape index (κ3) is 3.56. The molecule has 0 amide bonds. The van der Waals surface area contributed by atoms with Gasteiger partial charge in [-0.15, -0.1) is 0 Å². The van der Waals surface area contributed by atoms with E-state index in [4.69, 9.17) is 0 Å². The molecule has 110 valence electrons. The maximum absolute atomic E-state index is 13.3. The number of nitro groups is 1. The standard InChI is InChI=1S/C16H17FN2O2/c1-10-6-11(2)8-13(7-10)12(3)18-14-4-5-15(17)16(9-14)19(20)21/h4-9,12,18H,1-3H3. The van der Waals surface area contributed by atoms with Crippen molar-refractivity contribution in [3.8, 4) is 0 Å². The Hall–Kier alpha value is -2.43. The monoisotopic (exact) mass is 288 g/mol.